The molecule has 1 aliphatic rings. The molecule has 1 saturated heterocycles. The van der Waals surface area contributed by atoms with Crippen molar-refractivity contribution in [3.63, 3.8) is 0 Å². The van der Waals surface area contributed by atoms with E-state index in [2.05, 4.69) is 41.0 Å². The van der Waals surface area contributed by atoms with Gasteiger partial charge in [0.15, 0.2) is 5.82 Å². The molecule has 0 aliphatic carbocycles. The first kappa shape index (κ1) is 22.1. The minimum absolute atomic E-state index is 0.342. The average molecular weight is 486 g/mol. The van der Waals surface area contributed by atoms with E-state index in [1.54, 1.807) is 35.5 Å². The number of hydrogen-bond donors (Lipinski definition) is 1. The van der Waals surface area contributed by atoms with Gasteiger partial charge < -0.3 is 14.9 Å². The lowest BCUT2D eigenvalue weighted by molar-refractivity contribution is 0.219. The van der Waals surface area contributed by atoms with Crippen LogP contribution in [-0.2, 0) is 7.05 Å². The topological polar surface area (TPSA) is 100 Å². The van der Waals surface area contributed by atoms with Gasteiger partial charge in [0.25, 0.3) is 0 Å². The van der Waals surface area contributed by atoms with Gasteiger partial charge in [-0.3, -0.25) is 4.68 Å². The van der Waals surface area contributed by atoms with Gasteiger partial charge in [-0.2, -0.15) is 10.2 Å². The zero-order valence-corrected chi connectivity index (χ0v) is 19.6. The number of nitrogens with zero attached hydrogens (tertiary/aromatic N) is 9. The number of rotatable bonds is 5. The summed E-state index contributed by atoms with van der Waals surface area (Å²) in [7, 11) is 1.90. The molecule has 36 heavy (non-hydrogen) atoms. The Hall–Kier alpha value is -4.38. The van der Waals surface area contributed by atoms with Crippen LogP contribution in [0.2, 0.25) is 0 Å². The van der Waals surface area contributed by atoms with Crippen molar-refractivity contribution in [2.75, 3.05) is 36.0 Å². The highest BCUT2D eigenvalue weighted by molar-refractivity contribution is 5.77. The maximum Gasteiger partial charge on any atom is 0.225 e. The van der Waals surface area contributed by atoms with E-state index >= 15 is 0 Å². The Bertz CT molecular complexity index is 1490. The molecule has 1 N–H and O–H groups in total. The number of aliphatic hydroxyl groups is 1. The Labute approximate surface area is 206 Å². The third kappa shape index (κ3) is 4.13. The Kier molecular flexibility index (Phi) is 5.53. The molecule has 11 heteroatoms. The number of piperazine rings is 1. The molecule has 0 bridgehead atoms. The quantitative estimate of drug-likeness (QED) is 0.405. The molecule has 0 spiro atoms. The summed E-state index contributed by atoms with van der Waals surface area (Å²) in [6.45, 7) is 2.96. The number of aliphatic hydroxyl groups excluding tert-OH is 1. The van der Waals surface area contributed by atoms with Crippen molar-refractivity contribution >= 4 is 17.3 Å². The Morgan fingerprint density at radius 2 is 1.56 bits per heavy atom. The van der Waals surface area contributed by atoms with Crippen LogP contribution in [0.15, 0.2) is 67.6 Å². The summed E-state index contributed by atoms with van der Waals surface area (Å²) in [5.74, 6) is 1.16. The average Bonchev–Trinajstić information content (AvgIpc) is 3.55. The van der Waals surface area contributed by atoms with Gasteiger partial charge in [-0.1, -0.05) is 12.1 Å². The largest absolute Gasteiger partial charge is 0.384 e. The van der Waals surface area contributed by atoms with E-state index in [0.717, 1.165) is 48.6 Å². The molecule has 6 rings (SSSR count). The molecular weight excluding hydrogens is 461 g/mol. The zero-order chi connectivity index (χ0) is 24.6. The van der Waals surface area contributed by atoms with E-state index in [-0.39, 0.29) is 5.82 Å². The monoisotopic (exact) mass is 485 g/mol. The molecule has 5 heterocycles. The van der Waals surface area contributed by atoms with Gasteiger partial charge in [-0.25, -0.2) is 23.9 Å². The molecule has 1 aliphatic heterocycles. The number of anilines is 2. The second-order valence-corrected chi connectivity index (χ2v) is 8.79. The van der Waals surface area contributed by atoms with Crippen LogP contribution >= 0.6 is 0 Å². The molecule has 0 amide bonds. The minimum atomic E-state index is -0.907. The third-order valence-corrected chi connectivity index (χ3v) is 6.45. The predicted molar refractivity (Wildman–Crippen MR) is 132 cm³/mol. The highest BCUT2D eigenvalue weighted by Gasteiger charge is 2.23. The lowest BCUT2D eigenvalue weighted by Crippen LogP contribution is -2.47. The SMILES string of the molecule is Cn1cc(-c2cc3c(N4CCN(c5ncc([C@@H](O)c6ccc(F)cc6)cn5)CC4)ncnn3c2)cn1. The summed E-state index contributed by atoms with van der Waals surface area (Å²) in [6, 6.07) is 7.86. The maximum atomic E-state index is 13.2. The highest BCUT2D eigenvalue weighted by atomic mass is 19.1. The Balaban J connectivity index is 1.15. The highest BCUT2D eigenvalue weighted by Crippen LogP contribution is 2.28. The van der Waals surface area contributed by atoms with Crippen molar-refractivity contribution in [1.29, 1.82) is 0 Å². The van der Waals surface area contributed by atoms with Gasteiger partial charge in [0.2, 0.25) is 5.95 Å². The molecule has 5 aromatic rings. The van der Waals surface area contributed by atoms with Crippen LogP contribution in [-0.4, -0.2) is 65.6 Å². The fourth-order valence-electron chi connectivity index (χ4n) is 4.48. The number of fused-ring (bicyclic) bond motifs is 1. The third-order valence-electron chi connectivity index (χ3n) is 6.45. The standard InChI is InChI=1S/C25H24FN9O/c1-32-14-20(13-30-32)18-10-22-24(29-16-31-35(22)15-18)33-6-8-34(9-7-33)25-27-11-19(12-28-25)23(36)17-2-4-21(26)5-3-17/h2-5,10-16,23,36H,6-9H2,1H3/t23-/m0/s1. The maximum absolute atomic E-state index is 13.2. The molecule has 0 unspecified atom stereocenters. The molecule has 0 radical (unpaired) electrons. The van der Waals surface area contributed by atoms with Crippen molar-refractivity contribution in [1.82, 2.24) is 34.3 Å². The minimum Gasteiger partial charge on any atom is -0.384 e. The fourth-order valence-corrected chi connectivity index (χ4v) is 4.48. The van der Waals surface area contributed by atoms with Crippen LogP contribution < -0.4 is 9.80 Å². The summed E-state index contributed by atoms with van der Waals surface area (Å²) in [5, 5.41) is 19.2. The molecule has 1 aromatic carbocycles. The normalized spacial score (nSPS) is 15.0. The van der Waals surface area contributed by atoms with Gasteiger partial charge in [0, 0.05) is 74.7 Å². The number of aromatic nitrogens is 7. The van der Waals surface area contributed by atoms with E-state index in [4.69, 9.17) is 0 Å². The lowest BCUT2D eigenvalue weighted by atomic mass is 10.0. The summed E-state index contributed by atoms with van der Waals surface area (Å²) in [5.41, 5.74) is 4.17. The molecule has 1 fully saturated rings. The van der Waals surface area contributed by atoms with Gasteiger partial charge in [-0.15, -0.1) is 0 Å². The first-order chi connectivity index (χ1) is 17.5. The second kappa shape index (κ2) is 9.00. The molecule has 0 saturated carbocycles. The first-order valence-corrected chi connectivity index (χ1v) is 11.6. The predicted octanol–water partition coefficient (Wildman–Crippen LogP) is 2.47. The van der Waals surface area contributed by atoms with E-state index in [9.17, 15) is 9.50 Å². The van der Waals surface area contributed by atoms with Crippen LogP contribution in [0, 0.1) is 5.82 Å². The van der Waals surface area contributed by atoms with Crippen molar-refractivity contribution < 1.29 is 9.50 Å². The van der Waals surface area contributed by atoms with Crippen molar-refractivity contribution in [2.24, 2.45) is 7.05 Å². The number of aryl methyl sites for hydroxylation is 1. The lowest BCUT2D eigenvalue weighted by Gasteiger charge is -2.35. The van der Waals surface area contributed by atoms with Crippen LogP contribution in [0.1, 0.15) is 17.2 Å². The fraction of sp³-hybridized carbons (Fsp3) is 0.240. The molecule has 4 aromatic heterocycles. The second-order valence-electron chi connectivity index (χ2n) is 8.79. The van der Waals surface area contributed by atoms with E-state index in [1.807, 2.05) is 30.2 Å². The molecular formula is C25H24FN9O. The number of benzene rings is 1. The van der Waals surface area contributed by atoms with Crippen LogP contribution in [0.4, 0.5) is 16.2 Å². The smallest absolute Gasteiger partial charge is 0.225 e. The Morgan fingerprint density at radius 3 is 2.25 bits per heavy atom. The van der Waals surface area contributed by atoms with Crippen molar-refractivity contribution in [3.8, 4) is 11.1 Å². The summed E-state index contributed by atoms with van der Waals surface area (Å²) < 4.78 is 16.8. The van der Waals surface area contributed by atoms with Gasteiger partial charge in [0.1, 0.15) is 23.8 Å². The van der Waals surface area contributed by atoms with Gasteiger partial charge in [0.05, 0.1) is 6.20 Å². The van der Waals surface area contributed by atoms with Crippen LogP contribution in [0.25, 0.3) is 16.6 Å². The summed E-state index contributed by atoms with van der Waals surface area (Å²) in [4.78, 5) is 17.9. The zero-order valence-electron chi connectivity index (χ0n) is 19.6. The van der Waals surface area contributed by atoms with Crippen molar-refractivity contribution in [3.05, 3.63) is 84.6 Å². The first-order valence-electron chi connectivity index (χ1n) is 11.6. The van der Waals surface area contributed by atoms with Crippen LogP contribution in [0.3, 0.4) is 0 Å². The van der Waals surface area contributed by atoms with Gasteiger partial charge in [-0.05, 0) is 23.8 Å². The molecule has 10 nitrogen and oxygen atoms in total. The van der Waals surface area contributed by atoms with E-state index in [0.29, 0.717) is 17.1 Å². The number of halogens is 1. The van der Waals surface area contributed by atoms with Crippen molar-refractivity contribution in [2.45, 2.75) is 6.10 Å². The Morgan fingerprint density at radius 1 is 0.833 bits per heavy atom. The number of hydrogen-bond acceptors (Lipinski definition) is 8. The summed E-state index contributed by atoms with van der Waals surface area (Å²) in [6.07, 6.45) is 9.72. The van der Waals surface area contributed by atoms with E-state index < -0.39 is 6.10 Å². The molecule has 182 valence electrons. The molecule has 1 atom stereocenters. The summed E-state index contributed by atoms with van der Waals surface area (Å²) >= 11 is 0. The van der Waals surface area contributed by atoms with E-state index in [1.165, 1.54) is 12.1 Å². The van der Waals surface area contributed by atoms with Gasteiger partial charge >= 0.3 is 0 Å². The van der Waals surface area contributed by atoms with Crippen LogP contribution in [0.5, 0.6) is 0 Å².